The van der Waals surface area contributed by atoms with Crippen molar-refractivity contribution in [2.24, 2.45) is 0 Å². The van der Waals surface area contributed by atoms with E-state index in [0.717, 1.165) is 0 Å². The highest BCUT2D eigenvalue weighted by molar-refractivity contribution is 7.32. The summed E-state index contributed by atoms with van der Waals surface area (Å²) in [6, 6.07) is 0. The molecular formula is CHCl3O3P+. The molecule has 0 fully saturated rings. The maximum Gasteiger partial charge on any atom is 0.699 e. The van der Waals surface area contributed by atoms with Gasteiger partial charge in [0.05, 0.1) is 0 Å². The van der Waals surface area contributed by atoms with E-state index in [1.165, 1.54) is 0 Å². The molecule has 0 amide bonds. The molecule has 7 heteroatoms. The Morgan fingerprint density at radius 3 is 1.88 bits per heavy atom. The second kappa shape index (κ2) is 3.16. The van der Waals surface area contributed by atoms with Gasteiger partial charge in [0.1, 0.15) is 0 Å². The number of hydrogen-bond acceptors (Lipinski definition) is 2. The van der Waals surface area contributed by atoms with E-state index < -0.39 is 12.2 Å². The van der Waals surface area contributed by atoms with Crippen LogP contribution in [0.4, 0.5) is 0 Å². The van der Waals surface area contributed by atoms with Gasteiger partial charge in [-0.25, -0.2) is 0 Å². The lowest BCUT2D eigenvalue weighted by molar-refractivity contribution is 0.283. The highest BCUT2D eigenvalue weighted by Crippen LogP contribution is 2.36. The minimum atomic E-state index is -2.83. The van der Waals surface area contributed by atoms with Crippen LogP contribution in [0.2, 0.25) is 0 Å². The zero-order valence-corrected chi connectivity index (χ0v) is 6.51. The average molecular weight is 198 g/mol. The summed E-state index contributed by atoms with van der Waals surface area (Å²) in [6.45, 7) is 0. The van der Waals surface area contributed by atoms with E-state index in [9.17, 15) is 4.57 Å². The van der Waals surface area contributed by atoms with E-state index in [4.69, 9.17) is 39.7 Å². The van der Waals surface area contributed by atoms with Gasteiger partial charge in [0, 0.05) is 4.57 Å². The predicted octanol–water partition coefficient (Wildman–Crippen LogP) is 1.98. The lowest BCUT2D eigenvalue weighted by Crippen LogP contribution is -2.01. The van der Waals surface area contributed by atoms with Crippen LogP contribution in [0.3, 0.4) is 0 Å². The third-order valence-electron chi connectivity index (χ3n) is 0.182. The van der Waals surface area contributed by atoms with E-state index in [2.05, 4.69) is 4.52 Å². The number of halogens is 3. The Labute approximate surface area is 61.4 Å². The molecule has 0 spiro atoms. The first-order valence-corrected chi connectivity index (χ1v) is 3.60. The van der Waals surface area contributed by atoms with Crippen molar-refractivity contribution in [3.8, 4) is 0 Å². The van der Waals surface area contributed by atoms with Crippen LogP contribution in [0.25, 0.3) is 0 Å². The Kier molecular flexibility index (Phi) is 3.51. The van der Waals surface area contributed by atoms with Gasteiger partial charge in [0.2, 0.25) is 0 Å². The molecule has 1 atom stereocenters. The van der Waals surface area contributed by atoms with Gasteiger partial charge >= 0.3 is 12.2 Å². The van der Waals surface area contributed by atoms with Crippen LogP contribution >= 0.6 is 43.1 Å². The molecule has 0 bridgehead atoms. The molecule has 0 rings (SSSR count). The van der Waals surface area contributed by atoms with Crippen molar-refractivity contribution in [3.63, 3.8) is 0 Å². The van der Waals surface area contributed by atoms with E-state index in [1.54, 1.807) is 0 Å². The van der Waals surface area contributed by atoms with Gasteiger partial charge in [0.15, 0.2) is 0 Å². The summed E-state index contributed by atoms with van der Waals surface area (Å²) in [5, 5.41) is 0. The minimum Gasteiger partial charge on any atom is -0.133 e. The zero-order valence-electron chi connectivity index (χ0n) is 3.34. The summed E-state index contributed by atoms with van der Waals surface area (Å²) in [7, 11) is -2.83. The van der Waals surface area contributed by atoms with E-state index in [1.807, 2.05) is 0 Å². The SMILES string of the molecule is O=[P+](O)OC(Cl)(Cl)Cl. The maximum atomic E-state index is 9.69. The second-order valence-electron chi connectivity index (χ2n) is 0.775. The zero-order chi connectivity index (χ0) is 6.78. The third kappa shape index (κ3) is 6.89. The number of rotatable bonds is 1. The van der Waals surface area contributed by atoms with Crippen LogP contribution < -0.4 is 0 Å². The summed E-state index contributed by atoms with van der Waals surface area (Å²) in [6.07, 6.45) is 0. The molecule has 1 unspecified atom stereocenters. The van der Waals surface area contributed by atoms with Crippen molar-refractivity contribution >= 4 is 43.1 Å². The minimum absolute atomic E-state index is 2.10. The summed E-state index contributed by atoms with van der Waals surface area (Å²) in [4.78, 5) is 7.92. The Morgan fingerprint density at radius 2 is 1.88 bits per heavy atom. The Balaban J connectivity index is 3.55. The first-order chi connectivity index (χ1) is 3.42. The number of alkyl halides is 3. The van der Waals surface area contributed by atoms with Gasteiger partial charge in [-0.05, 0) is 34.8 Å². The van der Waals surface area contributed by atoms with Gasteiger partial charge in [-0.1, -0.05) is 4.52 Å². The van der Waals surface area contributed by atoms with Crippen molar-refractivity contribution < 1.29 is 14.0 Å². The summed E-state index contributed by atoms with van der Waals surface area (Å²) in [5.41, 5.74) is 0. The first kappa shape index (κ1) is 8.89. The molecule has 8 heavy (non-hydrogen) atoms. The van der Waals surface area contributed by atoms with Gasteiger partial charge in [0.25, 0.3) is 0 Å². The largest absolute Gasteiger partial charge is 0.699 e. The number of hydrogen-bond donors (Lipinski definition) is 1. The van der Waals surface area contributed by atoms with E-state index in [0.29, 0.717) is 0 Å². The highest BCUT2D eigenvalue weighted by atomic mass is 35.6. The van der Waals surface area contributed by atoms with Gasteiger partial charge < -0.3 is 0 Å². The van der Waals surface area contributed by atoms with Crippen LogP contribution in [-0.2, 0) is 9.09 Å². The van der Waals surface area contributed by atoms with Crippen LogP contribution in [0, 0.1) is 0 Å². The van der Waals surface area contributed by atoms with Crippen molar-refractivity contribution in [3.05, 3.63) is 0 Å². The lowest BCUT2D eigenvalue weighted by Gasteiger charge is -1.96. The molecule has 48 valence electrons. The van der Waals surface area contributed by atoms with Crippen molar-refractivity contribution in [1.82, 2.24) is 0 Å². The molecule has 0 aliphatic rings. The molecule has 0 aromatic heterocycles. The van der Waals surface area contributed by atoms with Crippen molar-refractivity contribution in [1.29, 1.82) is 0 Å². The van der Waals surface area contributed by atoms with Gasteiger partial charge in [-0.3, -0.25) is 0 Å². The van der Waals surface area contributed by atoms with Crippen molar-refractivity contribution in [2.45, 2.75) is 3.98 Å². The van der Waals surface area contributed by atoms with Crippen molar-refractivity contribution in [2.75, 3.05) is 0 Å². The highest BCUT2D eigenvalue weighted by Gasteiger charge is 2.33. The summed E-state index contributed by atoms with van der Waals surface area (Å²) >= 11 is 14.7. The molecule has 0 saturated carbocycles. The fourth-order valence-corrected chi connectivity index (χ4v) is 0.797. The second-order valence-corrected chi connectivity index (χ2v) is 3.61. The summed E-state index contributed by atoms with van der Waals surface area (Å²) in [5.74, 6) is 0. The van der Waals surface area contributed by atoms with E-state index >= 15 is 0 Å². The van der Waals surface area contributed by atoms with E-state index in [-0.39, 0.29) is 0 Å². The molecule has 0 saturated heterocycles. The van der Waals surface area contributed by atoms with Crippen LogP contribution in [0.1, 0.15) is 0 Å². The molecule has 1 N–H and O–H groups in total. The van der Waals surface area contributed by atoms with Gasteiger partial charge in [-0.2, -0.15) is 0 Å². The average Bonchev–Trinajstić information content (AvgIpc) is 1.21. The molecule has 0 aliphatic carbocycles. The quantitative estimate of drug-likeness (QED) is 0.517. The fourth-order valence-electron chi connectivity index (χ4n) is 0.0885. The molecular weight excluding hydrogens is 197 g/mol. The topological polar surface area (TPSA) is 46.5 Å². The molecule has 0 aliphatic heterocycles. The lowest BCUT2D eigenvalue weighted by atomic mass is 11.7. The smallest absolute Gasteiger partial charge is 0.133 e. The van der Waals surface area contributed by atoms with Crippen LogP contribution in [-0.4, -0.2) is 8.87 Å². The molecule has 3 nitrogen and oxygen atoms in total. The van der Waals surface area contributed by atoms with Crippen LogP contribution in [0.15, 0.2) is 0 Å². The van der Waals surface area contributed by atoms with Crippen LogP contribution in [0.5, 0.6) is 0 Å². The molecule has 0 heterocycles. The standard InChI is InChI=1S/CCl3O3P/c2-1(3,4)7-8(5)6/p+1. The Bertz CT molecular complexity index is 97.2. The first-order valence-electron chi connectivity index (χ1n) is 1.34. The molecule has 0 aromatic rings. The monoisotopic (exact) mass is 197 g/mol. The maximum absolute atomic E-state index is 9.69. The molecule has 0 aromatic carbocycles. The molecule has 0 radical (unpaired) electrons. The Hall–Kier alpha value is 0.890. The summed E-state index contributed by atoms with van der Waals surface area (Å²) < 4.78 is 11.4. The third-order valence-corrected chi connectivity index (χ3v) is 1.17. The Morgan fingerprint density at radius 1 is 1.50 bits per heavy atom. The fraction of sp³-hybridized carbons (Fsp3) is 1.00. The van der Waals surface area contributed by atoms with Gasteiger partial charge in [-0.15, -0.1) is 4.89 Å². The normalized spacial score (nSPS) is 13.8. The predicted molar refractivity (Wildman–Crippen MR) is 31.2 cm³/mol.